The molecule has 0 radical (unpaired) electrons. The summed E-state index contributed by atoms with van der Waals surface area (Å²) in [7, 11) is -4.89. The number of rotatable bonds is 0. The molecular weight excluding hydrogens is 132 g/mol. The van der Waals surface area contributed by atoms with Gasteiger partial charge in [-0.3, -0.25) is 4.57 Å². The first-order valence-corrected chi connectivity index (χ1v) is 2.50. The summed E-state index contributed by atoms with van der Waals surface area (Å²) in [6.07, 6.45) is 0. The van der Waals surface area contributed by atoms with Gasteiger partial charge in [0, 0.05) is 0 Å². The predicted octanol–water partition coefficient (Wildman–Crippen LogP) is -4.23. The summed E-state index contributed by atoms with van der Waals surface area (Å²) in [6.45, 7) is 0. The van der Waals surface area contributed by atoms with Gasteiger partial charge in [0.05, 0.1) is 0 Å². The Bertz CT molecular complexity index is 68.2. The second-order valence-electron chi connectivity index (χ2n) is 0.491. The molecule has 8 heavy (non-hydrogen) atoms. The first-order chi connectivity index (χ1) is 3.00. The molecular formula is H3LiNO5P. The van der Waals surface area contributed by atoms with E-state index in [1.54, 1.807) is 0 Å². The van der Waals surface area contributed by atoms with E-state index in [4.69, 9.17) is 24.2 Å². The molecule has 0 spiro atoms. The van der Waals surface area contributed by atoms with Crippen molar-refractivity contribution in [2.75, 3.05) is 0 Å². The van der Waals surface area contributed by atoms with Crippen molar-refractivity contribution in [2.45, 2.75) is 0 Å². The van der Waals surface area contributed by atoms with Gasteiger partial charge in [-0.1, -0.05) is 5.59 Å². The Balaban J connectivity index is -0.0000000750. The zero-order valence-corrected chi connectivity index (χ0v) is 4.96. The molecule has 0 unspecified atom stereocenters. The van der Waals surface area contributed by atoms with Crippen LogP contribution in [0.3, 0.4) is 0 Å². The van der Waals surface area contributed by atoms with Crippen LogP contribution in [0.5, 0.6) is 0 Å². The molecule has 44 valence electrons. The van der Waals surface area contributed by atoms with Crippen LogP contribution < -0.4 is 23.8 Å². The fourth-order valence-electron chi connectivity index (χ4n) is 0. The van der Waals surface area contributed by atoms with Crippen molar-refractivity contribution in [3.63, 3.8) is 0 Å². The van der Waals surface area contributed by atoms with Crippen molar-refractivity contribution in [2.24, 2.45) is 0 Å². The van der Waals surface area contributed by atoms with Crippen molar-refractivity contribution in [1.29, 1.82) is 5.59 Å². The first kappa shape index (κ1) is 15.7. The molecule has 0 heterocycles. The first-order valence-electron chi connectivity index (χ1n) is 0.969. The third-order valence-corrected chi connectivity index (χ3v) is 0. The maximum absolute atomic E-state index is 8.77. The van der Waals surface area contributed by atoms with Gasteiger partial charge in [-0.05, 0) is 0 Å². The quantitative estimate of drug-likeness (QED) is 0.176. The molecule has 0 saturated carbocycles. The summed E-state index contributed by atoms with van der Waals surface area (Å²) < 4.78 is 8.77. The van der Waals surface area contributed by atoms with Crippen LogP contribution in [0, 0.1) is 10.5 Å². The molecule has 0 saturated heterocycles. The molecule has 0 fully saturated rings. The van der Waals surface area contributed by atoms with Gasteiger partial charge in [0.25, 0.3) is 7.82 Å². The normalized spacial score (nSPS) is 7.88. The van der Waals surface area contributed by atoms with Crippen LogP contribution in [0.1, 0.15) is 0 Å². The van der Waals surface area contributed by atoms with Gasteiger partial charge >= 0.3 is 18.9 Å². The molecule has 0 aromatic rings. The second kappa shape index (κ2) is 7.31. The number of nitroso groups, excluding NO2 is 1. The predicted molar refractivity (Wildman–Crippen MR) is 18.1 cm³/mol. The van der Waals surface area contributed by atoms with E-state index < -0.39 is 7.82 Å². The fraction of sp³-hybridized carbons (Fsp3) is 0. The molecule has 0 amide bonds. The molecule has 0 atom stereocenters. The molecule has 0 aromatic heterocycles. The van der Waals surface area contributed by atoms with E-state index >= 15 is 0 Å². The van der Waals surface area contributed by atoms with E-state index in [2.05, 4.69) is 5.59 Å². The SMILES string of the molecule is N=O.O=P([O-])(O)O.[Li+]. The topological polar surface area (TPSA) is 122 Å². The van der Waals surface area contributed by atoms with Crippen molar-refractivity contribution >= 4 is 7.82 Å². The molecule has 0 aliphatic rings. The Hall–Kier alpha value is 0.307. The monoisotopic (exact) mass is 135 g/mol. The van der Waals surface area contributed by atoms with Crippen molar-refractivity contribution in [1.82, 2.24) is 0 Å². The van der Waals surface area contributed by atoms with E-state index in [1.165, 1.54) is 0 Å². The molecule has 3 N–H and O–H groups in total. The Labute approximate surface area is 57.1 Å². The minimum Gasteiger partial charge on any atom is -0.756 e. The van der Waals surface area contributed by atoms with Gasteiger partial charge in [-0.15, -0.1) is 0 Å². The summed E-state index contributed by atoms with van der Waals surface area (Å²) in [6, 6.07) is 0. The van der Waals surface area contributed by atoms with Crippen LogP contribution in [0.25, 0.3) is 0 Å². The zero-order chi connectivity index (χ0) is 6.50. The van der Waals surface area contributed by atoms with Crippen LogP contribution in [-0.4, -0.2) is 9.79 Å². The van der Waals surface area contributed by atoms with Gasteiger partial charge in [-0.2, -0.15) is 4.91 Å². The van der Waals surface area contributed by atoms with Gasteiger partial charge < -0.3 is 14.7 Å². The minimum atomic E-state index is -4.89. The summed E-state index contributed by atoms with van der Waals surface area (Å²) in [5.74, 6) is 0. The summed E-state index contributed by atoms with van der Waals surface area (Å²) in [4.78, 5) is 30.4. The average Bonchev–Trinajstić information content (AvgIpc) is 1.36. The van der Waals surface area contributed by atoms with E-state index in [0.717, 1.165) is 0 Å². The van der Waals surface area contributed by atoms with Gasteiger partial charge in [0.15, 0.2) is 0 Å². The number of hydrogen-bond donors (Lipinski definition) is 3. The summed E-state index contributed by atoms with van der Waals surface area (Å²) in [5, 5.41) is 0. The Morgan fingerprint density at radius 1 is 1.38 bits per heavy atom. The molecule has 0 aromatic carbocycles. The maximum atomic E-state index is 8.77. The van der Waals surface area contributed by atoms with Crippen LogP contribution in [0.15, 0.2) is 0 Å². The van der Waals surface area contributed by atoms with Gasteiger partial charge in [-0.25, -0.2) is 0 Å². The van der Waals surface area contributed by atoms with Crippen LogP contribution in [-0.2, 0) is 4.57 Å². The summed E-state index contributed by atoms with van der Waals surface area (Å²) in [5.41, 5.74) is 4.50. The van der Waals surface area contributed by atoms with E-state index in [0.29, 0.717) is 0 Å². The Morgan fingerprint density at radius 2 is 1.38 bits per heavy atom. The molecule has 8 heteroatoms. The molecule has 6 nitrogen and oxygen atoms in total. The maximum Gasteiger partial charge on any atom is 1.00 e. The van der Waals surface area contributed by atoms with Crippen LogP contribution in [0.4, 0.5) is 0 Å². The standard InChI is InChI=1S/Li.HNO.H3O4P/c;1-2;1-5(2,3)4/h;1H;(H3,1,2,3,4)/q+1;;/p-1. The molecule has 0 aliphatic heterocycles. The number of hydrogen-bond acceptors (Lipinski definition) is 4. The minimum absolute atomic E-state index is 0. The third kappa shape index (κ3) is 1880. The Morgan fingerprint density at radius 3 is 1.38 bits per heavy atom. The number of phosphoric acid groups is 1. The van der Waals surface area contributed by atoms with Gasteiger partial charge in [0.1, 0.15) is 0 Å². The van der Waals surface area contributed by atoms with Crippen LogP contribution >= 0.6 is 7.82 Å². The fourth-order valence-corrected chi connectivity index (χ4v) is 0. The zero-order valence-electron chi connectivity index (χ0n) is 4.07. The van der Waals surface area contributed by atoms with Crippen LogP contribution in [0.2, 0.25) is 0 Å². The van der Waals surface area contributed by atoms with Gasteiger partial charge in [0.2, 0.25) is 0 Å². The third-order valence-electron chi connectivity index (χ3n) is 0. The largest absolute Gasteiger partial charge is 1.00 e. The molecule has 0 bridgehead atoms. The van der Waals surface area contributed by atoms with Crippen molar-refractivity contribution < 1.29 is 38.1 Å². The van der Waals surface area contributed by atoms with E-state index in [1.807, 2.05) is 0 Å². The van der Waals surface area contributed by atoms with Crippen molar-refractivity contribution in [3.8, 4) is 0 Å². The average molecular weight is 135 g/mol. The number of nitrogens with one attached hydrogen (secondary N) is 1. The second-order valence-corrected chi connectivity index (χ2v) is 1.47. The smallest absolute Gasteiger partial charge is 0.756 e. The molecule has 0 rings (SSSR count). The van der Waals surface area contributed by atoms with Crippen molar-refractivity contribution in [3.05, 3.63) is 4.91 Å². The summed E-state index contributed by atoms with van der Waals surface area (Å²) >= 11 is 0. The van der Waals surface area contributed by atoms with E-state index in [-0.39, 0.29) is 18.9 Å². The molecule has 0 aliphatic carbocycles. The van der Waals surface area contributed by atoms with E-state index in [9.17, 15) is 0 Å². The Kier molecular flexibility index (Phi) is 14.4.